The van der Waals surface area contributed by atoms with Gasteiger partial charge in [0.2, 0.25) is 11.5 Å². The number of hydrogen-bond donors (Lipinski definition) is 2. The molecule has 128 valence electrons. The molecule has 1 aliphatic carbocycles. The van der Waals surface area contributed by atoms with Crippen LogP contribution < -0.4 is 10.6 Å². The van der Waals surface area contributed by atoms with E-state index in [0.717, 1.165) is 22.3 Å². The molecule has 25 heavy (non-hydrogen) atoms. The number of rotatable bonds is 3. The van der Waals surface area contributed by atoms with Crippen LogP contribution in [-0.4, -0.2) is 34.7 Å². The molecule has 0 saturated carbocycles. The molecule has 1 aromatic carbocycles. The first-order chi connectivity index (χ1) is 12.0. The number of alkyl carbamates (subject to hydrolysis) is 1. The third-order valence-corrected chi connectivity index (χ3v) is 4.69. The van der Waals surface area contributed by atoms with Crippen LogP contribution in [0.25, 0.3) is 11.1 Å². The zero-order chi connectivity index (χ0) is 17.6. The number of fused-ring (bicyclic) bond motifs is 2. The van der Waals surface area contributed by atoms with E-state index in [4.69, 9.17) is 4.74 Å². The Morgan fingerprint density at radius 1 is 1.40 bits per heavy atom. The lowest BCUT2D eigenvalue weighted by atomic mass is 9.94. The molecule has 1 aromatic heterocycles. The molecule has 2 aromatic rings. The van der Waals surface area contributed by atoms with Gasteiger partial charge in [-0.25, -0.2) is 4.79 Å². The third-order valence-electron chi connectivity index (χ3n) is 4.69. The number of amides is 3. The molecule has 0 bridgehead atoms. The number of carbonyl (C=O) groups excluding carboxylic acids is 3. The van der Waals surface area contributed by atoms with Gasteiger partial charge in [-0.1, -0.05) is 18.2 Å². The third kappa shape index (κ3) is 2.37. The number of ether oxygens (including phenoxy) is 1. The van der Waals surface area contributed by atoms with Crippen molar-refractivity contribution in [3.63, 3.8) is 0 Å². The van der Waals surface area contributed by atoms with Crippen molar-refractivity contribution in [2.45, 2.75) is 25.0 Å². The topological polar surface area (TPSA) is 102 Å². The molecule has 1 saturated heterocycles. The van der Waals surface area contributed by atoms with Crippen molar-refractivity contribution in [3.05, 3.63) is 41.7 Å². The van der Waals surface area contributed by atoms with Crippen LogP contribution in [0.15, 0.2) is 30.6 Å². The molecule has 2 aliphatic rings. The van der Waals surface area contributed by atoms with Crippen LogP contribution in [0.1, 0.15) is 17.5 Å². The second-order valence-electron chi connectivity index (χ2n) is 6.14. The molecule has 1 unspecified atom stereocenters. The Morgan fingerprint density at radius 3 is 2.96 bits per heavy atom. The summed E-state index contributed by atoms with van der Waals surface area (Å²) >= 11 is 0. The highest BCUT2D eigenvalue weighted by molar-refractivity contribution is 6.04. The molecule has 8 nitrogen and oxygen atoms in total. The predicted octanol–water partition coefficient (Wildman–Crippen LogP) is 0.704. The Hall–Kier alpha value is -3.16. The van der Waals surface area contributed by atoms with Gasteiger partial charge in [-0.05, 0) is 17.5 Å². The van der Waals surface area contributed by atoms with Crippen LogP contribution >= 0.6 is 0 Å². The first-order valence-corrected chi connectivity index (χ1v) is 7.93. The minimum Gasteiger partial charge on any atom is -0.427 e. The Balaban J connectivity index is 1.64. The lowest BCUT2D eigenvalue weighted by Gasteiger charge is -2.19. The van der Waals surface area contributed by atoms with Gasteiger partial charge in [-0.2, -0.15) is 5.10 Å². The highest BCUT2D eigenvalue weighted by Crippen LogP contribution is 2.43. The van der Waals surface area contributed by atoms with Gasteiger partial charge in [0.05, 0.1) is 6.20 Å². The Bertz CT molecular complexity index is 904. The van der Waals surface area contributed by atoms with Gasteiger partial charge in [0.1, 0.15) is 6.54 Å². The second kappa shape index (κ2) is 5.44. The molecule has 1 spiro atoms. The van der Waals surface area contributed by atoms with Crippen molar-refractivity contribution in [1.82, 2.24) is 20.4 Å². The Labute approximate surface area is 143 Å². The van der Waals surface area contributed by atoms with E-state index in [1.54, 1.807) is 24.1 Å². The highest BCUT2D eigenvalue weighted by Gasteiger charge is 2.54. The van der Waals surface area contributed by atoms with Crippen molar-refractivity contribution in [3.8, 4) is 11.1 Å². The van der Waals surface area contributed by atoms with Crippen LogP contribution in [0.2, 0.25) is 0 Å². The summed E-state index contributed by atoms with van der Waals surface area (Å²) in [5, 5.41) is 8.95. The molecule has 1 aliphatic heterocycles. The molecular weight excluding hydrogens is 324 g/mol. The van der Waals surface area contributed by atoms with E-state index in [-0.39, 0.29) is 12.5 Å². The summed E-state index contributed by atoms with van der Waals surface area (Å²) in [6.07, 6.45) is 3.88. The van der Waals surface area contributed by atoms with Crippen LogP contribution in [0.3, 0.4) is 0 Å². The summed E-state index contributed by atoms with van der Waals surface area (Å²) in [4.78, 5) is 35.0. The quantitative estimate of drug-likeness (QED) is 0.856. The van der Waals surface area contributed by atoms with Crippen LogP contribution in [0.5, 0.6) is 0 Å². The maximum atomic E-state index is 12.2. The van der Waals surface area contributed by atoms with Crippen molar-refractivity contribution in [2.75, 3.05) is 7.05 Å². The van der Waals surface area contributed by atoms with E-state index in [1.165, 1.54) is 0 Å². The molecule has 1 atom stereocenters. The number of imide groups is 1. The van der Waals surface area contributed by atoms with E-state index in [0.29, 0.717) is 12.8 Å². The van der Waals surface area contributed by atoms with E-state index < -0.39 is 17.6 Å². The summed E-state index contributed by atoms with van der Waals surface area (Å²) in [5.41, 5.74) is 2.33. The van der Waals surface area contributed by atoms with E-state index in [1.807, 2.05) is 18.2 Å². The minimum absolute atomic E-state index is 0.125. The van der Waals surface area contributed by atoms with Crippen molar-refractivity contribution in [2.24, 2.45) is 0 Å². The predicted molar refractivity (Wildman–Crippen MR) is 86.4 cm³/mol. The number of carbonyl (C=O) groups is 3. The number of likely N-dealkylation sites (N-methyl/N-ethyl adjacent to an activating group) is 1. The molecule has 2 heterocycles. The summed E-state index contributed by atoms with van der Waals surface area (Å²) in [6.45, 7) is 0.153. The molecule has 4 rings (SSSR count). The number of benzene rings is 1. The standard InChI is InChI=1S/C17H16N4O4/c1-18-14(22)9-21-8-12(7-19-21)10-2-3-13-11(6-10)4-5-17(13)15(23)20-16(24)25-17/h2-3,6-8H,4-5,9H2,1H3,(H,18,22)(H,20,23,24). The van der Waals surface area contributed by atoms with E-state index in [9.17, 15) is 14.4 Å². The SMILES string of the molecule is CNC(=O)Cn1cc(-c2ccc3c(c2)CCC32OC(=O)NC2=O)cn1. The largest absolute Gasteiger partial charge is 0.427 e. The van der Waals surface area contributed by atoms with Gasteiger partial charge >= 0.3 is 6.09 Å². The fourth-order valence-corrected chi connectivity index (χ4v) is 3.41. The molecule has 1 fully saturated rings. The number of aromatic nitrogens is 2. The Morgan fingerprint density at radius 2 is 2.24 bits per heavy atom. The van der Waals surface area contributed by atoms with Crippen LogP contribution in [-0.2, 0) is 32.9 Å². The monoisotopic (exact) mass is 340 g/mol. The lowest BCUT2D eigenvalue weighted by molar-refractivity contribution is -0.132. The molecule has 2 N–H and O–H groups in total. The van der Waals surface area contributed by atoms with Gasteiger partial charge < -0.3 is 10.1 Å². The lowest BCUT2D eigenvalue weighted by Crippen LogP contribution is -2.34. The van der Waals surface area contributed by atoms with E-state index in [2.05, 4.69) is 15.7 Å². The molecular formula is C17H16N4O4. The van der Waals surface area contributed by atoms with Gasteiger partial charge in [-0.15, -0.1) is 0 Å². The van der Waals surface area contributed by atoms with Crippen LogP contribution in [0, 0.1) is 0 Å². The molecule has 8 heteroatoms. The average molecular weight is 340 g/mol. The maximum Gasteiger partial charge on any atom is 0.415 e. The normalized spacial score (nSPS) is 21.2. The van der Waals surface area contributed by atoms with Crippen LogP contribution in [0.4, 0.5) is 4.79 Å². The minimum atomic E-state index is -1.19. The zero-order valence-corrected chi connectivity index (χ0v) is 13.5. The number of nitrogens with one attached hydrogen (secondary N) is 2. The van der Waals surface area contributed by atoms with E-state index >= 15 is 0 Å². The van der Waals surface area contributed by atoms with Crippen molar-refractivity contribution >= 4 is 17.9 Å². The summed E-state index contributed by atoms with van der Waals surface area (Å²) in [5.74, 6) is -0.526. The number of nitrogens with zero attached hydrogens (tertiary/aromatic N) is 2. The second-order valence-corrected chi connectivity index (χ2v) is 6.14. The summed E-state index contributed by atoms with van der Waals surface area (Å²) in [7, 11) is 1.58. The van der Waals surface area contributed by atoms with Gasteiger partial charge in [0.15, 0.2) is 0 Å². The number of hydrogen-bond acceptors (Lipinski definition) is 5. The van der Waals surface area contributed by atoms with Crippen molar-refractivity contribution < 1.29 is 19.1 Å². The van der Waals surface area contributed by atoms with Gasteiger partial charge in [-0.3, -0.25) is 19.6 Å². The zero-order valence-electron chi connectivity index (χ0n) is 13.5. The average Bonchev–Trinajstić information content (AvgIpc) is 3.27. The van der Waals surface area contributed by atoms with Gasteiger partial charge in [0, 0.05) is 30.8 Å². The maximum absolute atomic E-state index is 12.2. The first-order valence-electron chi connectivity index (χ1n) is 7.93. The smallest absolute Gasteiger partial charge is 0.415 e. The fourth-order valence-electron chi connectivity index (χ4n) is 3.41. The Kier molecular flexibility index (Phi) is 3.34. The number of aryl methyl sites for hydroxylation is 1. The molecule has 3 amide bonds. The summed E-state index contributed by atoms with van der Waals surface area (Å²) < 4.78 is 6.86. The van der Waals surface area contributed by atoms with Crippen molar-refractivity contribution in [1.29, 1.82) is 0 Å². The molecule has 0 radical (unpaired) electrons. The fraction of sp³-hybridized carbons (Fsp3) is 0.294. The highest BCUT2D eigenvalue weighted by atomic mass is 16.6. The first kappa shape index (κ1) is 15.4. The van der Waals surface area contributed by atoms with Gasteiger partial charge in [0.25, 0.3) is 5.91 Å². The summed E-state index contributed by atoms with van der Waals surface area (Å²) in [6, 6.07) is 5.67.